The highest BCUT2D eigenvalue weighted by atomic mass is 79.9. The van der Waals surface area contributed by atoms with Crippen molar-refractivity contribution in [3.05, 3.63) is 154 Å². The average molecular weight is 521 g/mol. The Hall–Kier alpha value is -3.94. The molecule has 0 aliphatic heterocycles. The van der Waals surface area contributed by atoms with Gasteiger partial charge in [-0.3, -0.25) is 0 Å². The second-order valence-corrected chi connectivity index (χ2v) is 10.7. The average Bonchev–Trinajstić information content (AvgIpc) is 3.19. The van der Waals surface area contributed by atoms with E-state index in [1.54, 1.807) is 0 Å². The SMILES string of the molecule is Brc1ccc2c(c1)C1(c3ccccc3-c3ccccc3-2)c2ccccc2-c2c1ccc1ccccc21. The first-order chi connectivity index (χ1) is 17.8. The monoisotopic (exact) mass is 520 g/mol. The van der Waals surface area contributed by atoms with Gasteiger partial charge in [-0.1, -0.05) is 131 Å². The van der Waals surface area contributed by atoms with E-state index >= 15 is 0 Å². The summed E-state index contributed by atoms with van der Waals surface area (Å²) in [5, 5.41) is 2.60. The lowest BCUT2D eigenvalue weighted by atomic mass is 9.66. The van der Waals surface area contributed by atoms with Crippen molar-refractivity contribution in [3.8, 4) is 33.4 Å². The van der Waals surface area contributed by atoms with Crippen molar-refractivity contribution in [2.75, 3.05) is 0 Å². The van der Waals surface area contributed by atoms with E-state index in [1.165, 1.54) is 66.4 Å². The van der Waals surface area contributed by atoms with Crippen LogP contribution in [-0.2, 0) is 5.41 Å². The van der Waals surface area contributed by atoms with E-state index in [1.807, 2.05) is 0 Å². The molecule has 0 fully saturated rings. The maximum atomic E-state index is 3.85. The molecule has 36 heavy (non-hydrogen) atoms. The number of hydrogen-bond donors (Lipinski definition) is 0. The van der Waals surface area contributed by atoms with Crippen molar-refractivity contribution >= 4 is 26.7 Å². The van der Waals surface area contributed by atoms with Crippen LogP contribution in [-0.4, -0.2) is 0 Å². The molecule has 0 nitrogen and oxygen atoms in total. The highest BCUT2D eigenvalue weighted by molar-refractivity contribution is 9.10. The molecule has 0 heterocycles. The third kappa shape index (κ3) is 2.44. The van der Waals surface area contributed by atoms with Crippen LogP contribution in [0.4, 0.5) is 0 Å². The molecular formula is C35H21Br. The Balaban J connectivity index is 1.67. The van der Waals surface area contributed by atoms with E-state index < -0.39 is 5.41 Å². The first-order valence-electron chi connectivity index (χ1n) is 12.4. The van der Waals surface area contributed by atoms with Crippen LogP contribution in [0.15, 0.2) is 132 Å². The highest BCUT2D eigenvalue weighted by Gasteiger charge is 2.50. The summed E-state index contributed by atoms with van der Waals surface area (Å²) in [5.74, 6) is 0. The predicted molar refractivity (Wildman–Crippen MR) is 153 cm³/mol. The summed E-state index contributed by atoms with van der Waals surface area (Å²) in [5.41, 5.74) is 12.8. The van der Waals surface area contributed by atoms with Crippen molar-refractivity contribution in [2.24, 2.45) is 0 Å². The van der Waals surface area contributed by atoms with Crippen LogP contribution in [0.2, 0.25) is 0 Å². The molecule has 0 radical (unpaired) electrons. The Bertz CT molecular complexity index is 1860. The normalized spacial score (nSPS) is 16.6. The van der Waals surface area contributed by atoms with Gasteiger partial charge in [-0.15, -0.1) is 0 Å². The lowest BCUT2D eigenvalue weighted by molar-refractivity contribution is 0.775. The van der Waals surface area contributed by atoms with Crippen LogP contribution < -0.4 is 0 Å². The van der Waals surface area contributed by atoms with Gasteiger partial charge in [0, 0.05) is 4.47 Å². The minimum atomic E-state index is -0.426. The molecule has 0 N–H and O–H groups in total. The molecule has 1 atom stereocenters. The summed E-state index contributed by atoms with van der Waals surface area (Å²) in [6, 6.07) is 47.3. The minimum absolute atomic E-state index is 0.426. The van der Waals surface area contributed by atoms with Gasteiger partial charge < -0.3 is 0 Å². The van der Waals surface area contributed by atoms with Crippen molar-refractivity contribution in [1.29, 1.82) is 0 Å². The Morgan fingerprint density at radius 3 is 1.78 bits per heavy atom. The Kier molecular flexibility index (Phi) is 4.10. The van der Waals surface area contributed by atoms with Gasteiger partial charge in [0.15, 0.2) is 0 Å². The van der Waals surface area contributed by atoms with Gasteiger partial charge in [0.2, 0.25) is 0 Å². The van der Waals surface area contributed by atoms with Crippen molar-refractivity contribution in [1.82, 2.24) is 0 Å². The Morgan fingerprint density at radius 1 is 0.417 bits per heavy atom. The molecule has 168 valence electrons. The second-order valence-electron chi connectivity index (χ2n) is 9.79. The molecule has 2 aliphatic carbocycles. The van der Waals surface area contributed by atoms with Gasteiger partial charge in [0.05, 0.1) is 5.41 Å². The van der Waals surface area contributed by atoms with Gasteiger partial charge in [-0.25, -0.2) is 0 Å². The highest BCUT2D eigenvalue weighted by Crippen LogP contribution is 2.62. The number of rotatable bonds is 0. The fourth-order valence-electron chi connectivity index (χ4n) is 6.83. The van der Waals surface area contributed by atoms with Crippen LogP contribution in [0.5, 0.6) is 0 Å². The number of hydrogen-bond acceptors (Lipinski definition) is 0. The molecule has 0 aromatic heterocycles. The number of halogens is 1. The summed E-state index contributed by atoms with van der Waals surface area (Å²) in [6.45, 7) is 0. The van der Waals surface area contributed by atoms with Crippen LogP contribution in [0.3, 0.4) is 0 Å². The molecule has 0 amide bonds. The first kappa shape index (κ1) is 20.3. The molecule has 0 saturated carbocycles. The first-order valence-corrected chi connectivity index (χ1v) is 13.2. The summed E-state index contributed by atoms with van der Waals surface area (Å²) in [6.07, 6.45) is 0. The molecule has 8 rings (SSSR count). The van der Waals surface area contributed by atoms with Gasteiger partial charge in [0.1, 0.15) is 0 Å². The Labute approximate surface area is 219 Å². The van der Waals surface area contributed by atoms with Crippen molar-refractivity contribution in [3.63, 3.8) is 0 Å². The van der Waals surface area contributed by atoms with E-state index in [9.17, 15) is 0 Å². The number of fused-ring (bicyclic) bond motifs is 14. The summed E-state index contributed by atoms with van der Waals surface area (Å²) < 4.78 is 1.10. The minimum Gasteiger partial charge on any atom is -0.0619 e. The summed E-state index contributed by atoms with van der Waals surface area (Å²) in [4.78, 5) is 0. The lowest BCUT2D eigenvalue weighted by Gasteiger charge is -2.35. The smallest absolute Gasteiger partial charge is 0.0619 e. The molecule has 6 aromatic carbocycles. The zero-order valence-corrected chi connectivity index (χ0v) is 21.1. The Morgan fingerprint density at radius 2 is 1.00 bits per heavy atom. The summed E-state index contributed by atoms with van der Waals surface area (Å²) >= 11 is 3.85. The molecule has 1 unspecified atom stereocenters. The molecule has 2 aliphatic rings. The fraction of sp³-hybridized carbons (Fsp3) is 0.0286. The quantitative estimate of drug-likeness (QED) is 0.186. The lowest BCUT2D eigenvalue weighted by Crippen LogP contribution is -2.29. The van der Waals surface area contributed by atoms with Crippen LogP contribution >= 0.6 is 15.9 Å². The zero-order valence-electron chi connectivity index (χ0n) is 19.5. The van der Waals surface area contributed by atoms with E-state index in [2.05, 4.69) is 143 Å². The predicted octanol–water partition coefficient (Wildman–Crippen LogP) is 9.61. The summed E-state index contributed by atoms with van der Waals surface area (Å²) in [7, 11) is 0. The standard InChI is InChI=1S/C35H21Br/c36-23-18-19-28-26-12-4-3-11-25(26)27-13-5-7-15-30(27)35(33(28)21-23)31-16-8-6-14-29(31)34-24-10-2-1-9-22(24)17-20-32(34)35/h1-21H. The van der Waals surface area contributed by atoms with Gasteiger partial charge in [-0.05, 0) is 78.5 Å². The van der Waals surface area contributed by atoms with Crippen LogP contribution in [0, 0.1) is 0 Å². The largest absolute Gasteiger partial charge is 0.0726 e. The van der Waals surface area contributed by atoms with Crippen LogP contribution in [0.25, 0.3) is 44.2 Å². The molecule has 0 bridgehead atoms. The third-order valence-corrected chi connectivity index (χ3v) is 8.65. The van der Waals surface area contributed by atoms with E-state index in [0.29, 0.717) is 0 Å². The maximum absolute atomic E-state index is 3.85. The molecule has 1 spiro atoms. The van der Waals surface area contributed by atoms with E-state index in [4.69, 9.17) is 0 Å². The van der Waals surface area contributed by atoms with E-state index in [-0.39, 0.29) is 0 Å². The fourth-order valence-corrected chi connectivity index (χ4v) is 7.19. The van der Waals surface area contributed by atoms with Crippen LogP contribution in [0.1, 0.15) is 22.3 Å². The van der Waals surface area contributed by atoms with E-state index in [0.717, 1.165) is 4.47 Å². The molecular weight excluding hydrogens is 500 g/mol. The number of benzene rings is 6. The van der Waals surface area contributed by atoms with Crippen molar-refractivity contribution in [2.45, 2.75) is 5.41 Å². The van der Waals surface area contributed by atoms with Gasteiger partial charge in [-0.2, -0.15) is 0 Å². The van der Waals surface area contributed by atoms with Gasteiger partial charge >= 0.3 is 0 Å². The topological polar surface area (TPSA) is 0 Å². The molecule has 1 heteroatoms. The maximum Gasteiger partial charge on any atom is 0.0726 e. The van der Waals surface area contributed by atoms with Crippen molar-refractivity contribution < 1.29 is 0 Å². The van der Waals surface area contributed by atoms with Gasteiger partial charge in [0.25, 0.3) is 0 Å². The third-order valence-electron chi connectivity index (χ3n) is 8.16. The second kappa shape index (κ2) is 7.29. The molecule has 0 saturated heterocycles. The zero-order chi connectivity index (χ0) is 23.9. The molecule has 6 aromatic rings.